The smallest absolute Gasteiger partial charge is 0.312 e. The van der Waals surface area contributed by atoms with Gasteiger partial charge < -0.3 is 4.74 Å². The van der Waals surface area contributed by atoms with Crippen LogP contribution in [0.2, 0.25) is 0 Å². The van der Waals surface area contributed by atoms with Gasteiger partial charge in [0.2, 0.25) is 0 Å². The summed E-state index contributed by atoms with van der Waals surface area (Å²) in [5, 5.41) is 0.530. The number of hydrogen-bond donors (Lipinski definition) is 0. The van der Waals surface area contributed by atoms with Gasteiger partial charge in [-0.05, 0) is 18.6 Å². The van der Waals surface area contributed by atoms with Crippen molar-refractivity contribution in [2.45, 2.75) is 90.4 Å². The van der Waals surface area contributed by atoms with Crippen molar-refractivity contribution in [3.63, 3.8) is 0 Å². The fourth-order valence-electron chi connectivity index (χ4n) is 2.80. The van der Waals surface area contributed by atoms with Crippen LogP contribution in [-0.2, 0) is 9.53 Å². The second kappa shape index (κ2) is 11.2. The molecular weight excluding hydrogens is 268 g/mol. The summed E-state index contributed by atoms with van der Waals surface area (Å²) in [6.45, 7) is 2.26. The van der Waals surface area contributed by atoms with Gasteiger partial charge in [-0.2, -0.15) is 0 Å². The third kappa shape index (κ3) is 7.98. The molecule has 0 aromatic rings. The quantitative estimate of drug-likeness (QED) is 0.267. The number of hydrogen-bond acceptors (Lipinski definition) is 3. The van der Waals surface area contributed by atoms with Gasteiger partial charge in [-0.15, -0.1) is 0 Å². The Hall–Kier alpha value is -0.440. The highest BCUT2D eigenvalue weighted by Gasteiger charge is 2.28. The molecule has 0 spiro atoms. The third-order valence-electron chi connectivity index (χ3n) is 4.12. The first-order valence-corrected chi connectivity index (χ1v) is 8.89. The van der Waals surface area contributed by atoms with Crippen LogP contribution in [-0.4, -0.2) is 11.0 Å². The molecule has 2 nitrogen and oxygen atoms in total. The zero-order valence-corrected chi connectivity index (χ0v) is 13.8. The summed E-state index contributed by atoms with van der Waals surface area (Å²) in [5.74, 6) is 0.0825. The van der Waals surface area contributed by atoms with E-state index < -0.39 is 0 Å². The molecule has 3 heteroatoms. The highest BCUT2D eigenvalue weighted by atomic mass is 32.1. The normalized spacial score (nSPS) is 18.6. The summed E-state index contributed by atoms with van der Waals surface area (Å²) in [7, 11) is 0. The van der Waals surface area contributed by atoms with Gasteiger partial charge in [0.05, 0.1) is 6.42 Å². The van der Waals surface area contributed by atoms with Crippen molar-refractivity contribution in [1.29, 1.82) is 0 Å². The van der Waals surface area contributed by atoms with Crippen molar-refractivity contribution in [2.24, 2.45) is 5.92 Å². The monoisotopic (exact) mass is 298 g/mol. The second-order valence-electron chi connectivity index (χ2n) is 6.02. The van der Waals surface area contributed by atoms with Crippen LogP contribution in [0.3, 0.4) is 0 Å². The molecule has 0 aliphatic carbocycles. The lowest BCUT2D eigenvalue weighted by molar-refractivity contribution is -0.133. The number of unbranched alkanes of at least 4 members (excludes halogenated alkanes) is 10. The maximum Gasteiger partial charge on any atom is 0.312 e. The van der Waals surface area contributed by atoms with E-state index >= 15 is 0 Å². The van der Waals surface area contributed by atoms with Crippen molar-refractivity contribution in [2.75, 3.05) is 0 Å². The molecule has 0 aromatic carbocycles. The summed E-state index contributed by atoms with van der Waals surface area (Å²) in [4.78, 5) is 11.1. The molecule has 0 amide bonds. The molecule has 1 rings (SSSR count). The molecule has 1 fully saturated rings. The zero-order valence-electron chi connectivity index (χ0n) is 13.0. The lowest BCUT2D eigenvalue weighted by atomic mass is 9.99. The maximum atomic E-state index is 11.1. The highest BCUT2D eigenvalue weighted by molar-refractivity contribution is 7.80. The largest absolute Gasteiger partial charge is 0.419 e. The van der Waals surface area contributed by atoms with Crippen molar-refractivity contribution < 1.29 is 9.53 Å². The molecule has 1 aliphatic rings. The first-order chi connectivity index (χ1) is 9.74. The summed E-state index contributed by atoms with van der Waals surface area (Å²) < 4.78 is 4.92. The first-order valence-electron chi connectivity index (χ1n) is 8.48. The van der Waals surface area contributed by atoms with Gasteiger partial charge in [0.25, 0.3) is 0 Å². The predicted octanol–water partition coefficient (Wildman–Crippen LogP) is 5.58. The minimum atomic E-state index is -0.136. The lowest BCUT2D eigenvalue weighted by Gasteiger charge is -2.06. The molecule has 0 bridgehead atoms. The molecule has 1 unspecified atom stereocenters. The van der Waals surface area contributed by atoms with Crippen molar-refractivity contribution in [1.82, 2.24) is 0 Å². The van der Waals surface area contributed by atoms with Gasteiger partial charge in [-0.1, -0.05) is 77.6 Å². The van der Waals surface area contributed by atoms with E-state index in [1.54, 1.807) is 0 Å². The van der Waals surface area contributed by atoms with Crippen molar-refractivity contribution in [3.8, 4) is 0 Å². The Balaban J connectivity index is 1.81. The fraction of sp³-hybridized carbons (Fsp3) is 0.882. The minimum Gasteiger partial charge on any atom is -0.419 e. The van der Waals surface area contributed by atoms with Gasteiger partial charge in [0, 0.05) is 5.92 Å². The molecule has 1 heterocycles. The SMILES string of the molecule is CCCCCCCCCCCCCC1CC(=O)OC1=S. The number of carbonyl (C=O) groups excluding carboxylic acids is 1. The van der Waals surface area contributed by atoms with Crippen LogP contribution in [0.1, 0.15) is 90.4 Å². The minimum absolute atomic E-state index is 0.136. The van der Waals surface area contributed by atoms with Gasteiger partial charge in [-0.25, -0.2) is 0 Å². The molecule has 20 heavy (non-hydrogen) atoms. The molecule has 0 saturated carbocycles. The topological polar surface area (TPSA) is 26.3 Å². The highest BCUT2D eigenvalue weighted by Crippen LogP contribution is 2.23. The number of carbonyl (C=O) groups is 1. The summed E-state index contributed by atoms with van der Waals surface area (Å²) >= 11 is 5.05. The van der Waals surface area contributed by atoms with E-state index in [1.807, 2.05) is 0 Å². The number of esters is 1. The molecule has 0 radical (unpaired) electrons. The Bertz CT molecular complexity index is 289. The Kier molecular flexibility index (Phi) is 9.90. The molecule has 0 N–H and O–H groups in total. The Labute approximate surface area is 129 Å². The molecule has 0 aromatic heterocycles. The van der Waals surface area contributed by atoms with E-state index in [9.17, 15) is 4.79 Å². The second-order valence-corrected chi connectivity index (χ2v) is 6.42. The van der Waals surface area contributed by atoms with Crippen LogP contribution in [0.5, 0.6) is 0 Å². The zero-order chi connectivity index (χ0) is 14.6. The molecule has 1 aliphatic heterocycles. The van der Waals surface area contributed by atoms with Gasteiger partial charge in [0.15, 0.2) is 5.05 Å². The van der Waals surface area contributed by atoms with Crippen molar-refractivity contribution in [3.05, 3.63) is 0 Å². The van der Waals surface area contributed by atoms with Crippen LogP contribution in [0, 0.1) is 5.92 Å². The Morgan fingerprint density at radius 2 is 1.45 bits per heavy atom. The summed E-state index contributed by atoms with van der Waals surface area (Å²) in [5.41, 5.74) is 0. The average Bonchev–Trinajstić information content (AvgIpc) is 2.74. The van der Waals surface area contributed by atoms with E-state index in [-0.39, 0.29) is 11.9 Å². The summed E-state index contributed by atoms with van der Waals surface area (Å²) in [6, 6.07) is 0. The average molecular weight is 298 g/mol. The van der Waals surface area contributed by atoms with Crippen LogP contribution in [0.15, 0.2) is 0 Å². The maximum absolute atomic E-state index is 11.1. The van der Waals surface area contributed by atoms with Gasteiger partial charge in [-0.3, -0.25) is 4.79 Å². The van der Waals surface area contributed by atoms with Crippen LogP contribution in [0.4, 0.5) is 0 Å². The first kappa shape index (κ1) is 17.6. The van der Waals surface area contributed by atoms with Gasteiger partial charge in [0.1, 0.15) is 0 Å². The molecule has 116 valence electrons. The van der Waals surface area contributed by atoms with Crippen LogP contribution < -0.4 is 0 Å². The van der Waals surface area contributed by atoms with Crippen LogP contribution >= 0.6 is 12.2 Å². The number of rotatable bonds is 12. The Morgan fingerprint density at radius 3 is 1.90 bits per heavy atom. The molecule has 1 saturated heterocycles. The fourth-order valence-corrected chi connectivity index (χ4v) is 3.09. The standard InChI is InChI=1S/C17H30O2S/c1-2-3-4-5-6-7-8-9-10-11-12-13-15-14-16(18)19-17(15)20/h15H,2-14H2,1H3. The Morgan fingerprint density at radius 1 is 0.950 bits per heavy atom. The lowest BCUT2D eigenvalue weighted by Crippen LogP contribution is -2.04. The van der Waals surface area contributed by atoms with E-state index in [2.05, 4.69) is 6.92 Å². The number of ether oxygens (including phenoxy) is 1. The predicted molar refractivity (Wildman–Crippen MR) is 87.9 cm³/mol. The van der Waals surface area contributed by atoms with E-state index in [0.717, 1.165) is 6.42 Å². The van der Waals surface area contributed by atoms with Crippen molar-refractivity contribution >= 4 is 23.2 Å². The van der Waals surface area contributed by atoms with E-state index in [1.165, 1.54) is 70.6 Å². The van der Waals surface area contributed by atoms with Gasteiger partial charge >= 0.3 is 5.97 Å². The number of cyclic esters (lactones) is 1. The summed E-state index contributed by atoms with van der Waals surface area (Å²) in [6.07, 6.45) is 16.4. The van der Waals surface area contributed by atoms with E-state index in [4.69, 9.17) is 17.0 Å². The van der Waals surface area contributed by atoms with E-state index in [0.29, 0.717) is 11.5 Å². The molecule has 1 atom stereocenters. The number of thiocarbonyl (C=S) groups is 1. The van der Waals surface area contributed by atoms with Crippen LogP contribution in [0.25, 0.3) is 0 Å². The third-order valence-corrected chi connectivity index (χ3v) is 4.53. The molecular formula is C17H30O2S.